The topological polar surface area (TPSA) is 0 Å². The van der Waals surface area contributed by atoms with Gasteiger partial charge in [0.1, 0.15) is 0 Å². The Labute approximate surface area is 101 Å². The normalized spacial score (nSPS) is 10.8. The summed E-state index contributed by atoms with van der Waals surface area (Å²) in [5.74, 6) is 0.545. The van der Waals surface area contributed by atoms with E-state index in [1.54, 1.807) is 0 Å². The van der Waals surface area contributed by atoms with Crippen LogP contribution in [0.25, 0.3) is 17.2 Å². The highest BCUT2D eigenvalue weighted by molar-refractivity contribution is 6.19. The van der Waals surface area contributed by atoms with E-state index in [4.69, 9.17) is 11.6 Å². The third kappa shape index (κ3) is 2.53. The standard InChI is InChI=1S/C15H13Cl/c16-12-6-10-14-9-4-5-11-15(14)13-7-2-1-3-8-13/h1-11H,12H2. The zero-order chi connectivity index (χ0) is 11.2. The molecule has 2 aromatic carbocycles. The first-order valence-corrected chi connectivity index (χ1v) is 5.82. The fourth-order valence-electron chi connectivity index (χ4n) is 1.69. The third-order valence-corrected chi connectivity index (χ3v) is 2.61. The third-order valence-electron chi connectivity index (χ3n) is 2.43. The van der Waals surface area contributed by atoms with Crippen LogP contribution in [0, 0.1) is 0 Å². The van der Waals surface area contributed by atoms with Crippen LogP contribution in [-0.2, 0) is 0 Å². The number of hydrogen-bond donors (Lipinski definition) is 0. The summed E-state index contributed by atoms with van der Waals surface area (Å²) in [5, 5.41) is 0. The van der Waals surface area contributed by atoms with Crippen LogP contribution in [0.1, 0.15) is 5.56 Å². The maximum Gasteiger partial charge on any atom is 0.0407 e. The molecule has 0 radical (unpaired) electrons. The van der Waals surface area contributed by atoms with Crippen molar-refractivity contribution in [3.8, 4) is 11.1 Å². The van der Waals surface area contributed by atoms with Crippen LogP contribution in [0.2, 0.25) is 0 Å². The summed E-state index contributed by atoms with van der Waals surface area (Å²) in [6, 6.07) is 18.7. The molecule has 0 heterocycles. The van der Waals surface area contributed by atoms with E-state index in [1.807, 2.05) is 18.2 Å². The molecule has 0 aromatic heterocycles. The molecular formula is C15H13Cl. The maximum atomic E-state index is 5.66. The monoisotopic (exact) mass is 228 g/mol. The lowest BCUT2D eigenvalue weighted by atomic mass is 9.99. The maximum absolute atomic E-state index is 5.66. The van der Waals surface area contributed by atoms with Crippen LogP contribution in [-0.4, -0.2) is 5.88 Å². The summed E-state index contributed by atoms with van der Waals surface area (Å²) >= 11 is 5.66. The van der Waals surface area contributed by atoms with E-state index in [9.17, 15) is 0 Å². The number of allylic oxidation sites excluding steroid dienone is 1. The molecule has 2 aromatic rings. The fourth-order valence-corrected chi connectivity index (χ4v) is 1.78. The highest BCUT2D eigenvalue weighted by atomic mass is 35.5. The quantitative estimate of drug-likeness (QED) is 0.674. The zero-order valence-electron chi connectivity index (χ0n) is 8.94. The van der Waals surface area contributed by atoms with Gasteiger partial charge in [0.05, 0.1) is 0 Å². The van der Waals surface area contributed by atoms with Crippen LogP contribution >= 0.6 is 11.6 Å². The van der Waals surface area contributed by atoms with E-state index < -0.39 is 0 Å². The number of benzene rings is 2. The molecule has 0 spiro atoms. The lowest BCUT2D eigenvalue weighted by Gasteiger charge is -2.05. The van der Waals surface area contributed by atoms with E-state index in [1.165, 1.54) is 16.7 Å². The summed E-state index contributed by atoms with van der Waals surface area (Å²) in [5.41, 5.74) is 3.68. The SMILES string of the molecule is ClCC=Cc1ccccc1-c1ccccc1. The number of hydrogen-bond acceptors (Lipinski definition) is 0. The minimum atomic E-state index is 0.545. The second-order valence-electron chi connectivity index (χ2n) is 3.51. The lowest BCUT2D eigenvalue weighted by Crippen LogP contribution is -1.82. The molecule has 0 amide bonds. The van der Waals surface area contributed by atoms with Crippen molar-refractivity contribution in [2.45, 2.75) is 0 Å². The molecule has 16 heavy (non-hydrogen) atoms. The Morgan fingerprint density at radius 3 is 2.31 bits per heavy atom. The van der Waals surface area contributed by atoms with Crippen molar-refractivity contribution in [3.05, 3.63) is 66.2 Å². The zero-order valence-corrected chi connectivity index (χ0v) is 9.69. The Morgan fingerprint density at radius 2 is 1.56 bits per heavy atom. The Balaban J connectivity index is 2.45. The van der Waals surface area contributed by atoms with Gasteiger partial charge in [-0.25, -0.2) is 0 Å². The predicted octanol–water partition coefficient (Wildman–Crippen LogP) is 4.61. The molecule has 0 atom stereocenters. The molecule has 0 bridgehead atoms. The minimum absolute atomic E-state index is 0.545. The number of halogens is 1. The van der Waals surface area contributed by atoms with E-state index in [0.29, 0.717) is 5.88 Å². The first-order valence-electron chi connectivity index (χ1n) is 5.29. The molecule has 0 saturated heterocycles. The Morgan fingerprint density at radius 1 is 0.875 bits per heavy atom. The van der Waals surface area contributed by atoms with Crippen LogP contribution in [0.4, 0.5) is 0 Å². The molecule has 80 valence electrons. The predicted molar refractivity (Wildman–Crippen MR) is 71.6 cm³/mol. The second kappa shape index (κ2) is 5.53. The van der Waals surface area contributed by atoms with Crippen LogP contribution < -0.4 is 0 Å². The van der Waals surface area contributed by atoms with Crippen molar-refractivity contribution in [3.63, 3.8) is 0 Å². The first kappa shape index (κ1) is 11.0. The van der Waals surface area contributed by atoms with Crippen molar-refractivity contribution in [2.75, 3.05) is 5.88 Å². The van der Waals surface area contributed by atoms with E-state index in [2.05, 4.69) is 48.5 Å². The van der Waals surface area contributed by atoms with E-state index >= 15 is 0 Å². The van der Waals surface area contributed by atoms with Gasteiger partial charge in [0.2, 0.25) is 0 Å². The van der Waals surface area contributed by atoms with Gasteiger partial charge >= 0.3 is 0 Å². The van der Waals surface area contributed by atoms with Crippen LogP contribution in [0.15, 0.2) is 60.7 Å². The van der Waals surface area contributed by atoms with Crippen LogP contribution in [0.5, 0.6) is 0 Å². The first-order chi connectivity index (χ1) is 7.92. The van der Waals surface area contributed by atoms with Gasteiger partial charge in [0, 0.05) is 5.88 Å². The molecule has 0 saturated carbocycles. The summed E-state index contributed by atoms with van der Waals surface area (Å²) in [6.07, 6.45) is 4.03. The van der Waals surface area contributed by atoms with Crippen molar-refractivity contribution >= 4 is 17.7 Å². The summed E-state index contributed by atoms with van der Waals surface area (Å²) in [6.45, 7) is 0. The molecular weight excluding hydrogens is 216 g/mol. The summed E-state index contributed by atoms with van der Waals surface area (Å²) in [7, 11) is 0. The minimum Gasteiger partial charge on any atom is -0.122 e. The van der Waals surface area contributed by atoms with Crippen molar-refractivity contribution in [2.24, 2.45) is 0 Å². The van der Waals surface area contributed by atoms with E-state index in [0.717, 1.165) is 0 Å². The highest BCUT2D eigenvalue weighted by Gasteiger charge is 2.00. The van der Waals surface area contributed by atoms with Gasteiger partial charge < -0.3 is 0 Å². The van der Waals surface area contributed by atoms with Gasteiger partial charge in [0.25, 0.3) is 0 Å². The van der Waals surface area contributed by atoms with E-state index in [-0.39, 0.29) is 0 Å². The van der Waals surface area contributed by atoms with Gasteiger partial charge in [0.15, 0.2) is 0 Å². The van der Waals surface area contributed by atoms with Crippen LogP contribution in [0.3, 0.4) is 0 Å². The lowest BCUT2D eigenvalue weighted by molar-refractivity contribution is 1.58. The molecule has 0 aliphatic heterocycles. The fraction of sp³-hybridized carbons (Fsp3) is 0.0667. The Hall–Kier alpha value is -1.53. The number of alkyl halides is 1. The smallest absolute Gasteiger partial charge is 0.0407 e. The summed E-state index contributed by atoms with van der Waals surface area (Å²) < 4.78 is 0. The van der Waals surface area contributed by atoms with Gasteiger partial charge in [-0.15, -0.1) is 11.6 Å². The largest absolute Gasteiger partial charge is 0.122 e. The second-order valence-corrected chi connectivity index (χ2v) is 3.82. The Bertz CT molecular complexity index is 472. The van der Waals surface area contributed by atoms with Crippen molar-refractivity contribution < 1.29 is 0 Å². The van der Waals surface area contributed by atoms with Gasteiger partial charge in [-0.3, -0.25) is 0 Å². The molecule has 0 N–H and O–H groups in total. The van der Waals surface area contributed by atoms with Gasteiger partial charge in [-0.1, -0.05) is 66.7 Å². The summed E-state index contributed by atoms with van der Waals surface area (Å²) in [4.78, 5) is 0. The van der Waals surface area contributed by atoms with Crippen molar-refractivity contribution in [1.29, 1.82) is 0 Å². The average Bonchev–Trinajstić information content (AvgIpc) is 2.38. The average molecular weight is 229 g/mol. The molecule has 1 heteroatoms. The van der Waals surface area contributed by atoms with Gasteiger partial charge in [-0.05, 0) is 16.7 Å². The van der Waals surface area contributed by atoms with Gasteiger partial charge in [-0.2, -0.15) is 0 Å². The van der Waals surface area contributed by atoms with Crippen molar-refractivity contribution in [1.82, 2.24) is 0 Å². The molecule has 0 aliphatic carbocycles. The molecule has 0 unspecified atom stereocenters. The molecule has 0 nitrogen and oxygen atoms in total. The number of rotatable bonds is 3. The molecule has 0 fully saturated rings. The Kier molecular flexibility index (Phi) is 3.79. The highest BCUT2D eigenvalue weighted by Crippen LogP contribution is 2.24. The molecule has 0 aliphatic rings. The molecule has 2 rings (SSSR count).